The largest absolute Gasteiger partial charge is 0.337 e. The first-order valence-electron chi connectivity index (χ1n) is 8.28. The second kappa shape index (κ2) is 6.96. The van der Waals surface area contributed by atoms with Crippen LogP contribution in [-0.2, 0) is 9.59 Å². The average molecular weight is 360 g/mol. The summed E-state index contributed by atoms with van der Waals surface area (Å²) in [6.07, 6.45) is 0.482. The topological polar surface area (TPSA) is 40.6 Å². The van der Waals surface area contributed by atoms with E-state index in [1.165, 1.54) is 17.0 Å². The minimum absolute atomic E-state index is 0.0705. The van der Waals surface area contributed by atoms with Gasteiger partial charge in [0.15, 0.2) is 0 Å². The fourth-order valence-electron chi connectivity index (χ4n) is 3.09. The van der Waals surface area contributed by atoms with Crippen LogP contribution < -0.4 is 4.90 Å². The third-order valence-corrected chi connectivity index (χ3v) is 5.91. The molecule has 0 unspecified atom stereocenters. The Morgan fingerprint density at radius 3 is 2.56 bits per heavy atom. The standard InChI is InChI=1S/C19H21FN2O2S/c1-12-4-9-17(25-12)13(2)21(3)18(23)16-10-11-22(19(16)24)15-7-5-14(20)6-8-15/h4-9,13,16H,10-11H2,1-3H3/t13-,16+/m0/s1. The molecule has 0 bridgehead atoms. The van der Waals surface area contributed by atoms with Gasteiger partial charge < -0.3 is 9.80 Å². The van der Waals surface area contributed by atoms with Crippen molar-refractivity contribution in [3.05, 3.63) is 52.0 Å². The molecule has 0 N–H and O–H groups in total. The molecule has 0 aliphatic carbocycles. The van der Waals surface area contributed by atoms with E-state index in [9.17, 15) is 14.0 Å². The Morgan fingerprint density at radius 1 is 1.28 bits per heavy atom. The summed E-state index contributed by atoms with van der Waals surface area (Å²) in [6.45, 7) is 4.48. The smallest absolute Gasteiger partial charge is 0.239 e. The van der Waals surface area contributed by atoms with Crippen LogP contribution in [0.5, 0.6) is 0 Å². The van der Waals surface area contributed by atoms with E-state index in [-0.39, 0.29) is 23.7 Å². The maximum Gasteiger partial charge on any atom is 0.239 e. The molecule has 2 amide bonds. The van der Waals surface area contributed by atoms with Gasteiger partial charge in [-0.15, -0.1) is 11.3 Å². The van der Waals surface area contributed by atoms with E-state index in [0.717, 1.165) is 4.88 Å². The second-order valence-electron chi connectivity index (χ2n) is 6.38. The summed E-state index contributed by atoms with van der Waals surface area (Å²) in [5.74, 6) is -1.38. The summed E-state index contributed by atoms with van der Waals surface area (Å²) in [7, 11) is 1.75. The van der Waals surface area contributed by atoms with Gasteiger partial charge in [0.2, 0.25) is 11.8 Å². The molecule has 6 heteroatoms. The lowest BCUT2D eigenvalue weighted by molar-refractivity contribution is -0.140. The first kappa shape index (κ1) is 17.6. The molecular formula is C19H21FN2O2S. The van der Waals surface area contributed by atoms with E-state index in [4.69, 9.17) is 0 Å². The van der Waals surface area contributed by atoms with Gasteiger partial charge in [-0.1, -0.05) is 0 Å². The molecule has 132 valence electrons. The Bertz CT molecular complexity index is 787. The van der Waals surface area contributed by atoms with Crippen molar-refractivity contribution < 1.29 is 14.0 Å². The van der Waals surface area contributed by atoms with Crippen molar-refractivity contribution in [2.24, 2.45) is 5.92 Å². The van der Waals surface area contributed by atoms with E-state index in [0.29, 0.717) is 18.7 Å². The van der Waals surface area contributed by atoms with E-state index < -0.39 is 5.92 Å². The number of carbonyl (C=O) groups excluding carboxylic acids is 2. The van der Waals surface area contributed by atoms with Crippen molar-refractivity contribution in [3.8, 4) is 0 Å². The third-order valence-electron chi connectivity index (χ3n) is 4.74. The quantitative estimate of drug-likeness (QED) is 0.779. The molecule has 0 radical (unpaired) electrons. The van der Waals surface area contributed by atoms with Crippen LogP contribution in [0.2, 0.25) is 0 Å². The fourth-order valence-corrected chi connectivity index (χ4v) is 4.06. The predicted octanol–water partition coefficient (Wildman–Crippen LogP) is 3.77. The van der Waals surface area contributed by atoms with Crippen molar-refractivity contribution in [1.82, 2.24) is 4.90 Å². The van der Waals surface area contributed by atoms with E-state index in [1.807, 2.05) is 26.0 Å². The highest BCUT2D eigenvalue weighted by Crippen LogP contribution is 2.31. The number of hydrogen-bond donors (Lipinski definition) is 0. The number of benzene rings is 1. The molecular weight excluding hydrogens is 339 g/mol. The molecule has 1 aromatic heterocycles. The number of halogens is 1. The van der Waals surface area contributed by atoms with Gasteiger partial charge in [-0.05, 0) is 56.7 Å². The summed E-state index contributed by atoms with van der Waals surface area (Å²) in [5, 5.41) is 0. The highest BCUT2D eigenvalue weighted by atomic mass is 32.1. The Morgan fingerprint density at radius 2 is 1.96 bits per heavy atom. The Hall–Kier alpha value is -2.21. The lowest BCUT2D eigenvalue weighted by atomic mass is 10.1. The highest BCUT2D eigenvalue weighted by Gasteiger charge is 2.40. The molecule has 2 heterocycles. The Balaban J connectivity index is 1.72. The molecule has 2 atom stereocenters. The number of thiophene rings is 1. The molecule has 2 aromatic rings. The fraction of sp³-hybridized carbons (Fsp3) is 0.368. The van der Waals surface area contributed by atoms with Crippen LogP contribution in [0.4, 0.5) is 10.1 Å². The number of rotatable bonds is 4. The van der Waals surface area contributed by atoms with Gasteiger partial charge in [0.05, 0.1) is 6.04 Å². The summed E-state index contributed by atoms with van der Waals surface area (Å²) in [5.41, 5.74) is 0.631. The van der Waals surface area contributed by atoms with Gasteiger partial charge in [0.1, 0.15) is 11.7 Å². The second-order valence-corrected chi connectivity index (χ2v) is 7.70. The molecule has 3 rings (SSSR count). The highest BCUT2D eigenvalue weighted by molar-refractivity contribution is 7.12. The van der Waals surface area contributed by atoms with Gasteiger partial charge in [0, 0.05) is 29.0 Å². The number of anilines is 1. The third kappa shape index (κ3) is 3.44. The Labute approximate surface area is 150 Å². The molecule has 1 saturated heterocycles. The lowest BCUT2D eigenvalue weighted by Gasteiger charge is -2.26. The van der Waals surface area contributed by atoms with Crippen molar-refractivity contribution in [1.29, 1.82) is 0 Å². The first-order chi connectivity index (χ1) is 11.9. The van der Waals surface area contributed by atoms with Crippen LogP contribution in [0.25, 0.3) is 0 Å². The molecule has 1 aliphatic heterocycles. The Kier molecular flexibility index (Phi) is 4.90. The molecule has 0 saturated carbocycles. The summed E-state index contributed by atoms with van der Waals surface area (Å²) in [4.78, 5) is 31.0. The average Bonchev–Trinajstić information content (AvgIpc) is 3.20. The molecule has 25 heavy (non-hydrogen) atoms. The summed E-state index contributed by atoms with van der Waals surface area (Å²) < 4.78 is 13.1. The van der Waals surface area contributed by atoms with Crippen LogP contribution in [0.3, 0.4) is 0 Å². The van der Waals surface area contributed by atoms with Gasteiger partial charge in [-0.25, -0.2) is 4.39 Å². The SMILES string of the molecule is Cc1ccc([C@H](C)N(C)C(=O)[C@H]2CCN(c3ccc(F)cc3)C2=O)s1. The number of hydrogen-bond acceptors (Lipinski definition) is 3. The zero-order chi connectivity index (χ0) is 18.1. The number of amides is 2. The molecule has 1 fully saturated rings. The van der Waals surface area contributed by atoms with Crippen LogP contribution in [0.1, 0.15) is 29.1 Å². The van der Waals surface area contributed by atoms with E-state index >= 15 is 0 Å². The number of nitrogens with zero attached hydrogens (tertiary/aromatic N) is 2. The van der Waals surface area contributed by atoms with Crippen LogP contribution >= 0.6 is 11.3 Å². The molecule has 0 spiro atoms. The van der Waals surface area contributed by atoms with E-state index in [1.54, 1.807) is 40.3 Å². The lowest BCUT2D eigenvalue weighted by Crippen LogP contribution is -2.39. The molecule has 1 aromatic carbocycles. The van der Waals surface area contributed by atoms with Crippen molar-refractivity contribution in [2.75, 3.05) is 18.5 Å². The summed E-state index contributed by atoms with van der Waals surface area (Å²) in [6, 6.07) is 9.78. The zero-order valence-corrected chi connectivity index (χ0v) is 15.3. The van der Waals surface area contributed by atoms with Gasteiger partial charge in [0.25, 0.3) is 0 Å². The predicted molar refractivity (Wildman–Crippen MR) is 97.1 cm³/mol. The first-order valence-corrected chi connectivity index (χ1v) is 9.10. The normalized spacial score (nSPS) is 18.5. The van der Waals surface area contributed by atoms with Crippen LogP contribution in [0, 0.1) is 18.7 Å². The van der Waals surface area contributed by atoms with Gasteiger partial charge >= 0.3 is 0 Å². The van der Waals surface area contributed by atoms with Crippen LogP contribution in [-0.4, -0.2) is 30.3 Å². The maximum atomic E-state index is 13.1. The van der Waals surface area contributed by atoms with Crippen LogP contribution in [0.15, 0.2) is 36.4 Å². The van der Waals surface area contributed by atoms with Crippen molar-refractivity contribution in [2.45, 2.75) is 26.3 Å². The van der Waals surface area contributed by atoms with Gasteiger partial charge in [-0.3, -0.25) is 9.59 Å². The van der Waals surface area contributed by atoms with Crippen molar-refractivity contribution >= 4 is 28.8 Å². The van der Waals surface area contributed by atoms with E-state index in [2.05, 4.69) is 0 Å². The zero-order valence-electron chi connectivity index (χ0n) is 14.5. The summed E-state index contributed by atoms with van der Waals surface area (Å²) >= 11 is 1.66. The maximum absolute atomic E-state index is 13.1. The molecule has 4 nitrogen and oxygen atoms in total. The number of carbonyl (C=O) groups is 2. The van der Waals surface area contributed by atoms with Crippen molar-refractivity contribution in [3.63, 3.8) is 0 Å². The minimum Gasteiger partial charge on any atom is -0.337 e. The monoisotopic (exact) mass is 360 g/mol. The minimum atomic E-state index is -0.668. The number of aryl methyl sites for hydroxylation is 1. The van der Waals surface area contributed by atoms with Gasteiger partial charge in [-0.2, -0.15) is 0 Å². The molecule has 1 aliphatic rings.